The summed E-state index contributed by atoms with van der Waals surface area (Å²) >= 11 is 0. The second kappa shape index (κ2) is 8.51. The molecule has 5 rings (SSSR count). The largest absolute Gasteiger partial charge is 0.474 e. The van der Waals surface area contributed by atoms with Crippen molar-refractivity contribution in [3.63, 3.8) is 0 Å². The van der Waals surface area contributed by atoms with Gasteiger partial charge in [0.1, 0.15) is 6.10 Å². The molecule has 3 heterocycles. The van der Waals surface area contributed by atoms with Crippen molar-refractivity contribution in [3.8, 4) is 17.0 Å². The van der Waals surface area contributed by atoms with E-state index in [0.717, 1.165) is 68.3 Å². The van der Waals surface area contributed by atoms with Gasteiger partial charge in [0.2, 0.25) is 26.8 Å². The minimum absolute atomic E-state index is 0.157. The average molecular weight is 455 g/mol. The number of nitrogens with one attached hydrogen (secondary N) is 3. The lowest BCUT2D eigenvalue weighted by Crippen LogP contribution is -2.34. The fraction of sp³-hybridized carbons (Fsp3) is 0.409. The number of aromatic nitrogens is 4. The topological polar surface area (TPSA) is 122 Å². The number of nitrogens with zero attached hydrogens (tertiary/aromatic N) is 3. The van der Waals surface area contributed by atoms with Crippen LogP contribution in [0.2, 0.25) is 0 Å². The molecule has 168 valence electrons. The van der Waals surface area contributed by atoms with Gasteiger partial charge in [-0.15, -0.1) is 5.10 Å². The molecule has 32 heavy (non-hydrogen) atoms. The second-order valence-electron chi connectivity index (χ2n) is 8.29. The zero-order chi connectivity index (χ0) is 22.1. The molecular weight excluding hydrogens is 428 g/mol. The highest BCUT2D eigenvalue weighted by atomic mass is 32.2. The van der Waals surface area contributed by atoms with Crippen LogP contribution in [0.3, 0.4) is 0 Å². The lowest BCUT2D eigenvalue weighted by atomic mass is 9.98. The Morgan fingerprint density at radius 1 is 1.16 bits per heavy atom. The normalized spacial score (nSPS) is 16.7. The summed E-state index contributed by atoms with van der Waals surface area (Å²) in [6, 6.07) is 8.16. The maximum Gasteiger partial charge on any atom is 0.247 e. The highest BCUT2D eigenvalue weighted by Crippen LogP contribution is 2.39. The molecule has 3 aromatic rings. The minimum atomic E-state index is -3.47. The molecule has 0 radical (unpaired) electrons. The van der Waals surface area contributed by atoms with Crippen LogP contribution in [0.5, 0.6) is 5.88 Å². The summed E-state index contributed by atoms with van der Waals surface area (Å²) in [5.74, 6) is 0.838. The second-order valence-corrected chi connectivity index (χ2v) is 10.2. The third-order valence-electron chi connectivity index (χ3n) is 5.96. The van der Waals surface area contributed by atoms with Gasteiger partial charge in [-0.1, -0.05) is 12.1 Å². The predicted octanol–water partition coefficient (Wildman–Crippen LogP) is 2.63. The molecule has 1 fully saturated rings. The number of aryl methyl sites for hydroxylation is 1. The maximum absolute atomic E-state index is 11.8. The van der Waals surface area contributed by atoms with Crippen molar-refractivity contribution >= 4 is 21.5 Å². The van der Waals surface area contributed by atoms with Crippen LogP contribution in [0, 0.1) is 0 Å². The first kappa shape index (κ1) is 20.9. The zero-order valence-corrected chi connectivity index (χ0v) is 18.7. The van der Waals surface area contributed by atoms with Gasteiger partial charge >= 0.3 is 0 Å². The average Bonchev–Trinajstić information content (AvgIpc) is 3.44. The first-order valence-electron chi connectivity index (χ1n) is 10.9. The van der Waals surface area contributed by atoms with Gasteiger partial charge in [0.05, 0.1) is 5.69 Å². The first-order chi connectivity index (χ1) is 15.5. The standard InChI is InChI=1S/C22H26N6O3S/c1-32(29,30)22-26-21(27-28-22)25-20-17-4-2-3-14(17)5-6-18(20)15-7-12-24-19(13-15)31-16-8-10-23-11-9-16/h5-7,12-13,16,23H,2-4,8-11H2,1H3,(H2,25,26,27,28). The lowest BCUT2D eigenvalue weighted by Gasteiger charge is -2.23. The van der Waals surface area contributed by atoms with E-state index in [1.54, 1.807) is 6.20 Å². The number of hydrogen-bond donors (Lipinski definition) is 3. The number of sulfone groups is 1. The molecule has 1 saturated heterocycles. The summed E-state index contributed by atoms with van der Waals surface area (Å²) in [7, 11) is -3.47. The van der Waals surface area contributed by atoms with Crippen molar-refractivity contribution in [2.45, 2.75) is 43.4 Å². The van der Waals surface area contributed by atoms with Crippen molar-refractivity contribution in [2.24, 2.45) is 0 Å². The molecule has 3 N–H and O–H groups in total. The van der Waals surface area contributed by atoms with Crippen LogP contribution in [0.4, 0.5) is 11.6 Å². The van der Waals surface area contributed by atoms with Crippen LogP contribution < -0.4 is 15.4 Å². The smallest absolute Gasteiger partial charge is 0.247 e. The molecule has 1 aliphatic heterocycles. The maximum atomic E-state index is 11.8. The molecule has 0 atom stereocenters. The van der Waals surface area contributed by atoms with E-state index >= 15 is 0 Å². The van der Waals surface area contributed by atoms with Gasteiger partial charge in [-0.2, -0.15) is 4.98 Å². The van der Waals surface area contributed by atoms with Gasteiger partial charge in [0.15, 0.2) is 0 Å². The molecule has 2 aromatic heterocycles. The van der Waals surface area contributed by atoms with Gasteiger partial charge in [0, 0.05) is 24.1 Å². The molecule has 1 aromatic carbocycles. The lowest BCUT2D eigenvalue weighted by molar-refractivity contribution is 0.156. The van der Waals surface area contributed by atoms with Crippen LogP contribution >= 0.6 is 0 Å². The highest BCUT2D eigenvalue weighted by molar-refractivity contribution is 7.90. The monoisotopic (exact) mass is 454 g/mol. The van der Waals surface area contributed by atoms with E-state index in [-0.39, 0.29) is 17.2 Å². The molecule has 1 aliphatic carbocycles. The van der Waals surface area contributed by atoms with Crippen molar-refractivity contribution in [3.05, 3.63) is 41.6 Å². The summed E-state index contributed by atoms with van der Waals surface area (Å²) in [4.78, 5) is 8.54. The summed E-state index contributed by atoms with van der Waals surface area (Å²) < 4.78 is 29.7. The Morgan fingerprint density at radius 2 is 2.00 bits per heavy atom. The predicted molar refractivity (Wildman–Crippen MR) is 121 cm³/mol. The van der Waals surface area contributed by atoms with Crippen LogP contribution in [0.15, 0.2) is 35.6 Å². The van der Waals surface area contributed by atoms with Crippen molar-refractivity contribution in [2.75, 3.05) is 24.7 Å². The Morgan fingerprint density at radius 3 is 2.78 bits per heavy atom. The van der Waals surface area contributed by atoms with Crippen LogP contribution in [-0.4, -0.2) is 54.0 Å². The number of ether oxygens (including phenoxy) is 1. The minimum Gasteiger partial charge on any atom is -0.474 e. The van der Waals surface area contributed by atoms with E-state index in [1.165, 1.54) is 11.1 Å². The Labute approximate surface area is 186 Å². The number of rotatable bonds is 6. The van der Waals surface area contributed by atoms with Crippen LogP contribution in [0.25, 0.3) is 11.1 Å². The van der Waals surface area contributed by atoms with E-state index in [4.69, 9.17) is 4.74 Å². The van der Waals surface area contributed by atoms with Crippen molar-refractivity contribution in [1.29, 1.82) is 0 Å². The number of hydrogen-bond acceptors (Lipinski definition) is 8. The van der Waals surface area contributed by atoms with Crippen molar-refractivity contribution < 1.29 is 13.2 Å². The van der Waals surface area contributed by atoms with E-state index in [9.17, 15) is 8.42 Å². The summed E-state index contributed by atoms with van der Waals surface area (Å²) in [6.45, 7) is 1.91. The Hall–Kier alpha value is -2.98. The Bertz CT molecular complexity index is 1230. The van der Waals surface area contributed by atoms with E-state index in [1.807, 2.05) is 12.1 Å². The molecule has 0 saturated carbocycles. The summed E-state index contributed by atoms with van der Waals surface area (Å²) in [5.41, 5.74) is 5.35. The number of anilines is 2. The van der Waals surface area contributed by atoms with Crippen LogP contribution in [-0.2, 0) is 22.7 Å². The molecule has 0 unspecified atom stereocenters. The number of aromatic amines is 1. The van der Waals surface area contributed by atoms with E-state index in [0.29, 0.717) is 5.88 Å². The summed E-state index contributed by atoms with van der Waals surface area (Å²) in [5, 5.41) is 13.0. The van der Waals surface area contributed by atoms with Gasteiger partial charge in [-0.05, 0) is 68.0 Å². The number of H-pyrrole nitrogens is 1. The zero-order valence-electron chi connectivity index (χ0n) is 17.9. The quantitative estimate of drug-likeness (QED) is 0.520. The summed E-state index contributed by atoms with van der Waals surface area (Å²) in [6.07, 6.45) is 8.00. The van der Waals surface area contributed by atoms with Crippen LogP contribution in [0.1, 0.15) is 30.4 Å². The third-order valence-corrected chi connectivity index (χ3v) is 6.84. The molecule has 0 spiro atoms. The first-order valence-corrected chi connectivity index (χ1v) is 12.7. The Balaban J connectivity index is 1.49. The fourth-order valence-electron chi connectivity index (χ4n) is 4.36. The van der Waals surface area contributed by atoms with E-state index in [2.05, 4.69) is 42.9 Å². The number of fused-ring (bicyclic) bond motifs is 1. The molecule has 9 nitrogen and oxygen atoms in total. The number of pyridine rings is 1. The highest BCUT2D eigenvalue weighted by Gasteiger charge is 2.22. The Kier molecular flexibility index (Phi) is 5.56. The molecule has 2 aliphatic rings. The SMILES string of the molecule is CS(=O)(=O)c1nc(Nc2c(-c3ccnc(OC4CCNCC4)c3)ccc3c2CCC3)n[nH]1. The molecule has 0 bridgehead atoms. The van der Waals surface area contributed by atoms with Gasteiger partial charge in [-0.3, -0.25) is 0 Å². The van der Waals surface area contributed by atoms with Gasteiger partial charge < -0.3 is 15.4 Å². The van der Waals surface area contributed by atoms with Crippen molar-refractivity contribution in [1.82, 2.24) is 25.5 Å². The fourth-order valence-corrected chi connectivity index (χ4v) is 4.82. The number of piperidine rings is 1. The van der Waals surface area contributed by atoms with E-state index < -0.39 is 9.84 Å². The van der Waals surface area contributed by atoms with Gasteiger partial charge in [0.25, 0.3) is 0 Å². The third kappa shape index (κ3) is 4.33. The number of benzene rings is 1. The molecule has 0 amide bonds. The van der Waals surface area contributed by atoms with Gasteiger partial charge in [-0.25, -0.2) is 18.5 Å². The molecular formula is C22H26N6O3S. The molecule has 10 heteroatoms.